The summed E-state index contributed by atoms with van der Waals surface area (Å²) < 4.78 is 30.9. The molecule has 0 spiro atoms. The summed E-state index contributed by atoms with van der Waals surface area (Å²) in [6, 6.07) is 23.3. The smallest absolute Gasteiger partial charge is 0.459 e. The second-order valence-corrected chi connectivity index (χ2v) is 10.8. The van der Waals surface area contributed by atoms with Crippen LogP contribution in [0.1, 0.15) is 32.7 Å². The summed E-state index contributed by atoms with van der Waals surface area (Å²) in [6.45, 7) is 1.46. The van der Waals surface area contributed by atoms with Crippen molar-refractivity contribution in [1.82, 2.24) is 10.1 Å². The van der Waals surface area contributed by atoms with E-state index in [4.69, 9.17) is 13.8 Å². The summed E-state index contributed by atoms with van der Waals surface area (Å²) in [5.74, 6) is -0.821. The minimum Gasteiger partial charge on any atom is -0.505 e. The van der Waals surface area contributed by atoms with Crippen LogP contribution in [0.2, 0.25) is 0 Å². The van der Waals surface area contributed by atoms with Crippen LogP contribution in [0.15, 0.2) is 91.1 Å². The summed E-state index contributed by atoms with van der Waals surface area (Å²) in [6.07, 6.45) is 1.69. The number of nitrogens with zero attached hydrogens (tertiary/aromatic N) is 1. The second kappa shape index (κ2) is 13.7. The van der Waals surface area contributed by atoms with Gasteiger partial charge in [0.05, 0.1) is 17.9 Å². The highest BCUT2D eigenvalue weighted by Gasteiger charge is 2.34. The molecular weight excluding hydrogens is 547 g/mol. The molecule has 11 heteroatoms. The van der Waals surface area contributed by atoms with Gasteiger partial charge in [0.1, 0.15) is 29.9 Å². The molecule has 4 aromatic rings. The van der Waals surface area contributed by atoms with Gasteiger partial charge in [0.2, 0.25) is 0 Å². The number of rotatable bonds is 14. The molecule has 0 radical (unpaired) electrons. The summed E-state index contributed by atoms with van der Waals surface area (Å²) in [5.41, 5.74) is 1.96. The van der Waals surface area contributed by atoms with Gasteiger partial charge in [0.25, 0.3) is 0 Å². The Balaban J connectivity index is 1.50. The quantitative estimate of drug-likeness (QED) is 0.130. The molecule has 4 rings (SSSR count). The molecule has 0 aliphatic carbocycles. The standard InChI is InChI=1S/C30H29N2O8P/c1-21-29(34)27(18-33)24(17-31-21)20-39-41(37,40-26-10-6-3-7-11-26)32-28(30(35)36)16-22-12-14-25(15-13-22)38-19-23-8-4-2-5-9-23/h2-15,17-18,28,34H,16,19-20H2,1H3,(H,32,37)(H,35,36). The Labute approximate surface area is 237 Å². The normalized spacial score (nSPS) is 13.1. The molecule has 41 heavy (non-hydrogen) atoms. The van der Waals surface area contributed by atoms with Crippen LogP contribution >= 0.6 is 7.75 Å². The van der Waals surface area contributed by atoms with Gasteiger partial charge in [-0.15, -0.1) is 0 Å². The fraction of sp³-hybridized carbons (Fsp3) is 0.167. The van der Waals surface area contributed by atoms with Gasteiger partial charge in [-0.2, -0.15) is 5.09 Å². The number of carboxylic acid groups (broad SMARTS) is 1. The van der Waals surface area contributed by atoms with Crippen molar-refractivity contribution in [2.24, 2.45) is 0 Å². The third-order valence-electron chi connectivity index (χ3n) is 6.06. The summed E-state index contributed by atoms with van der Waals surface area (Å²) in [7, 11) is -4.35. The van der Waals surface area contributed by atoms with E-state index in [-0.39, 0.29) is 34.7 Å². The minimum absolute atomic E-state index is 0.0493. The number of para-hydroxylation sites is 1. The molecule has 212 valence electrons. The van der Waals surface area contributed by atoms with E-state index in [1.165, 1.54) is 25.3 Å². The van der Waals surface area contributed by atoms with Crippen LogP contribution < -0.4 is 14.3 Å². The molecule has 0 amide bonds. The van der Waals surface area contributed by atoms with Crippen LogP contribution in [0.3, 0.4) is 0 Å². The van der Waals surface area contributed by atoms with Crippen molar-refractivity contribution in [3.63, 3.8) is 0 Å². The number of carbonyl (C=O) groups excluding carboxylic acids is 1. The number of aromatic nitrogens is 1. The Morgan fingerprint density at radius 2 is 1.61 bits per heavy atom. The average Bonchev–Trinajstić information content (AvgIpc) is 2.98. The molecule has 2 unspecified atom stereocenters. The monoisotopic (exact) mass is 576 g/mol. The highest BCUT2D eigenvalue weighted by atomic mass is 31.2. The Morgan fingerprint density at radius 3 is 2.24 bits per heavy atom. The Hall–Kier alpha value is -4.50. The van der Waals surface area contributed by atoms with Crippen molar-refractivity contribution < 1.29 is 38.2 Å². The van der Waals surface area contributed by atoms with E-state index in [0.29, 0.717) is 24.2 Å². The Kier molecular flexibility index (Phi) is 9.86. The molecular formula is C30H29N2O8P. The van der Waals surface area contributed by atoms with E-state index in [1.807, 2.05) is 30.3 Å². The van der Waals surface area contributed by atoms with Crippen molar-refractivity contribution in [3.05, 3.63) is 119 Å². The lowest BCUT2D eigenvalue weighted by atomic mass is 10.1. The highest BCUT2D eigenvalue weighted by Crippen LogP contribution is 2.46. The fourth-order valence-corrected chi connectivity index (χ4v) is 5.31. The van der Waals surface area contributed by atoms with Crippen molar-refractivity contribution in [2.75, 3.05) is 0 Å². The number of ether oxygens (including phenoxy) is 1. The van der Waals surface area contributed by atoms with E-state index in [9.17, 15) is 24.4 Å². The predicted octanol–water partition coefficient (Wildman–Crippen LogP) is 5.48. The van der Waals surface area contributed by atoms with E-state index < -0.39 is 26.4 Å². The number of benzene rings is 3. The maximum atomic E-state index is 13.9. The van der Waals surface area contributed by atoms with Gasteiger partial charge in [-0.3, -0.25) is 19.1 Å². The molecule has 10 nitrogen and oxygen atoms in total. The molecule has 2 atom stereocenters. The zero-order valence-electron chi connectivity index (χ0n) is 22.2. The topological polar surface area (TPSA) is 144 Å². The molecule has 3 aromatic carbocycles. The van der Waals surface area contributed by atoms with Gasteiger partial charge in [0, 0.05) is 11.8 Å². The number of hydrogen-bond acceptors (Lipinski definition) is 8. The Bertz CT molecular complexity index is 1520. The van der Waals surface area contributed by atoms with Crippen LogP contribution in [0.5, 0.6) is 17.2 Å². The summed E-state index contributed by atoms with van der Waals surface area (Å²) in [5, 5.41) is 22.7. The van der Waals surface area contributed by atoms with Crippen LogP contribution in [-0.2, 0) is 33.5 Å². The van der Waals surface area contributed by atoms with Gasteiger partial charge >= 0.3 is 13.7 Å². The molecule has 0 aliphatic heterocycles. The van der Waals surface area contributed by atoms with E-state index in [0.717, 1.165) is 5.56 Å². The zero-order chi connectivity index (χ0) is 29.2. The number of nitrogens with one attached hydrogen (secondary N) is 1. The molecule has 0 saturated carbocycles. The fourth-order valence-electron chi connectivity index (χ4n) is 3.84. The number of aromatic hydroxyl groups is 1. The third-order valence-corrected chi connectivity index (χ3v) is 7.61. The molecule has 3 N–H and O–H groups in total. The third kappa shape index (κ3) is 8.25. The van der Waals surface area contributed by atoms with Gasteiger partial charge in [-0.05, 0) is 48.7 Å². The largest absolute Gasteiger partial charge is 0.505 e. The van der Waals surface area contributed by atoms with Gasteiger partial charge in [0.15, 0.2) is 6.29 Å². The lowest BCUT2D eigenvalue weighted by Crippen LogP contribution is -2.38. The lowest BCUT2D eigenvalue weighted by Gasteiger charge is -2.24. The highest BCUT2D eigenvalue weighted by molar-refractivity contribution is 7.52. The van der Waals surface area contributed by atoms with Crippen LogP contribution in [0.25, 0.3) is 0 Å². The van der Waals surface area contributed by atoms with Crippen LogP contribution in [0.4, 0.5) is 0 Å². The van der Waals surface area contributed by atoms with Crippen molar-refractivity contribution >= 4 is 20.0 Å². The number of pyridine rings is 1. The van der Waals surface area contributed by atoms with Crippen molar-refractivity contribution in [1.29, 1.82) is 0 Å². The SMILES string of the molecule is Cc1ncc(COP(=O)(NC(Cc2ccc(OCc3ccccc3)cc2)C(=O)O)Oc2ccccc2)c(C=O)c1O. The maximum absolute atomic E-state index is 13.9. The van der Waals surface area contributed by atoms with E-state index in [1.54, 1.807) is 42.5 Å². The van der Waals surface area contributed by atoms with E-state index in [2.05, 4.69) is 10.1 Å². The number of carboxylic acids is 1. The molecule has 0 fully saturated rings. The van der Waals surface area contributed by atoms with Crippen LogP contribution in [0, 0.1) is 6.92 Å². The number of aryl methyl sites for hydroxylation is 1. The minimum atomic E-state index is -4.35. The average molecular weight is 577 g/mol. The molecule has 0 aliphatic rings. The van der Waals surface area contributed by atoms with Gasteiger partial charge in [-0.1, -0.05) is 60.7 Å². The Morgan fingerprint density at radius 1 is 0.951 bits per heavy atom. The summed E-state index contributed by atoms with van der Waals surface area (Å²) in [4.78, 5) is 27.8. The lowest BCUT2D eigenvalue weighted by molar-refractivity contribution is -0.139. The first-order valence-electron chi connectivity index (χ1n) is 12.6. The molecule has 0 saturated heterocycles. The molecule has 1 aromatic heterocycles. The number of carbonyl (C=O) groups is 2. The molecule has 1 heterocycles. The van der Waals surface area contributed by atoms with Crippen molar-refractivity contribution in [3.8, 4) is 17.2 Å². The zero-order valence-corrected chi connectivity index (χ0v) is 23.1. The first-order chi connectivity index (χ1) is 19.8. The second-order valence-electron chi connectivity index (χ2n) is 9.07. The first-order valence-corrected chi connectivity index (χ1v) is 14.2. The maximum Gasteiger partial charge on any atom is 0.459 e. The first kappa shape index (κ1) is 29.5. The van der Waals surface area contributed by atoms with E-state index >= 15 is 0 Å². The molecule has 0 bridgehead atoms. The number of hydrogen-bond donors (Lipinski definition) is 3. The van der Waals surface area contributed by atoms with Gasteiger partial charge in [-0.25, -0.2) is 4.57 Å². The van der Waals surface area contributed by atoms with Crippen LogP contribution in [-0.4, -0.2) is 33.5 Å². The number of aliphatic carboxylic acids is 1. The summed E-state index contributed by atoms with van der Waals surface area (Å²) >= 11 is 0. The van der Waals surface area contributed by atoms with Gasteiger partial charge < -0.3 is 19.5 Å². The number of aldehydes is 1. The van der Waals surface area contributed by atoms with Crippen molar-refractivity contribution in [2.45, 2.75) is 32.6 Å². The predicted molar refractivity (Wildman–Crippen MR) is 151 cm³/mol.